The number of hydrogen-bond donors (Lipinski definition) is 1. The number of halogens is 3. The third-order valence-corrected chi connectivity index (χ3v) is 3.61. The number of rotatable bonds is 2. The fraction of sp³-hybridized carbons (Fsp3) is 0.154. The van der Waals surface area contributed by atoms with Crippen molar-refractivity contribution < 1.29 is 23.1 Å². The second-order valence-corrected chi connectivity index (χ2v) is 5.24. The zero-order valence-electron chi connectivity index (χ0n) is 9.78. The lowest BCUT2D eigenvalue weighted by molar-refractivity contribution is -0.137. The Balaban J connectivity index is 2.46. The lowest BCUT2D eigenvalue weighted by Crippen LogP contribution is -2.04. The Labute approximate surface area is 111 Å². The van der Waals surface area contributed by atoms with Gasteiger partial charge >= 0.3 is 12.1 Å². The van der Waals surface area contributed by atoms with Crippen molar-refractivity contribution in [1.82, 2.24) is 0 Å². The summed E-state index contributed by atoms with van der Waals surface area (Å²) in [4.78, 5) is 12.0. The second-order valence-electron chi connectivity index (χ2n) is 3.98. The minimum atomic E-state index is -4.39. The molecule has 0 fully saturated rings. The highest BCUT2D eigenvalue weighted by atomic mass is 32.1. The van der Waals surface area contributed by atoms with Gasteiger partial charge in [0, 0.05) is 10.4 Å². The monoisotopic (exact) mass is 286 g/mol. The number of carboxylic acid groups (broad SMARTS) is 1. The van der Waals surface area contributed by atoms with Crippen molar-refractivity contribution >= 4 is 17.3 Å². The maximum Gasteiger partial charge on any atom is 0.416 e. The number of hydrogen-bond acceptors (Lipinski definition) is 2. The highest BCUT2D eigenvalue weighted by Gasteiger charge is 2.30. The van der Waals surface area contributed by atoms with Crippen molar-refractivity contribution in [3.05, 3.63) is 45.6 Å². The Morgan fingerprint density at radius 1 is 1.21 bits per heavy atom. The minimum absolute atomic E-state index is 0.136. The Kier molecular flexibility index (Phi) is 3.36. The summed E-state index contributed by atoms with van der Waals surface area (Å²) in [5.74, 6) is -1.08. The van der Waals surface area contributed by atoms with Crippen LogP contribution in [0.5, 0.6) is 0 Å². The van der Waals surface area contributed by atoms with Gasteiger partial charge in [-0.1, -0.05) is 12.1 Å². The molecule has 1 aromatic heterocycles. The van der Waals surface area contributed by atoms with Crippen LogP contribution >= 0.6 is 11.3 Å². The summed E-state index contributed by atoms with van der Waals surface area (Å²) < 4.78 is 37.3. The number of benzene rings is 1. The third kappa shape index (κ3) is 2.78. The molecule has 0 atom stereocenters. The molecule has 2 aromatic rings. The normalized spacial score (nSPS) is 11.6. The largest absolute Gasteiger partial charge is 0.477 e. The molecule has 0 saturated heterocycles. The smallest absolute Gasteiger partial charge is 0.416 e. The molecule has 0 amide bonds. The average Bonchev–Trinajstić information content (AvgIpc) is 2.70. The molecule has 0 saturated carbocycles. The summed E-state index contributed by atoms with van der Waals surface area (Å²) in [7, 11) is 0. The molecule has 0 spiro atoms. The molecule has 0 aliphatic rings. The van der Waals surface area contributed by atoms with Crippen LogP contribution in [0.25, 0.3) is 11.1 Å². The quantitative estimate of drug-likeness (QED) is 0.886. The number of thiophene rings is 1. The molecule has 1 heterocycles. The number of alkyl halides is 3. The van der Waals surface area contributed by atoms with Crippen LogP contribution in [0.3, 0.4) is 0 Å². The Morgan fingerprint density at radius 2 is 1.79 bits per heavy atom. The van der Waals surface area contributed by atoms with Gasteiger partial charge < -0.3 is 5.11 Å². The number of carbonyl (C=O) groups is 1. The fourth-order valence-electron chi connectivity index (χ4n) is 1.73. The molecule has 1 aromatic carbocycles. The van der Waals surface area contributed by atoms with Crippen LogP contribution in [0.4, 0.5) is 13.2 Å². The first-order valence-corrected chi connectivity index (χ1v) is 6.12. The van der Waals surface area contributed by atoms with E-state index >= 15 is 0 Å². The summed E-state index contributed by atoms with van der Waals surface area (Å²) in [6.45, 7) is 1.75. The van der Waals surface area contributed by atoms with Gasteiger partial charge in [0.25, 0.3) is 0 Å². The van der Waals surface area contributed by atoms with Crippen molar-refractivity contribution in [2.24, 2.45) is 0 Å². The molecule has 0 aliphatic heterocycles. The molecule has 100 valence electrons. The highest BCUT2D eigenvalue weighted by molar-refractivity contribution is 7.14. The van der Waals surface area contributed by atoms with Gasteiger partial charge in [0.05, 0.1) is 5.56 Å². The topological polar surface area (TPSA) is 37.3 Å². The van der Waals surface area contributed by atoms with Gasteiger partial charge in [-0.3, -0.25) is 0 Å². The van der Waals surface area contributed by atoms with Crippen LogP contribution in [0.1, 0.15) is 20.1 Å². The third-order valence-electron chi connectivity index (χ3n) is 2.57. The average molecular weight is 286 g/mol. The van der Waals surface area contributed by atoms with Crippen LogP contribution in [0.15, 0.2) is 30.3 Å². The van der Waals surface area contributed by atoms with Crippen LogP contribution < -0.4 is 0 Å². The van der Waals surface area contributed by atoms with Gasteiger partial charge in [-0.25, -0.2) is 4.79 Å². The summed E-state index contributed by atoms with van der Waals surface area (Å²) in [6.07, 6.45) is -4.39. The molecule has 0 bridgehead atoms. The molecule has 19 heavy (non-hydrogen) atoms. The summed E-state index contributed by atoms with van der Waals surface area (Å²) in [5.41, 5.74) is 0.165. The lowest BCUT2D eigenvalue weighted by atomic mass is 10.0. The first-order chi connectivity index (χ1) is 8.79. The molecular weight excluding hydrogens is 277 g/mol. The maximum atomic E-state index is 12.4. The molecule has 2 nitrogen and oxygen atoms in total. The van der Waals surface area contributed by atoms with Gasteiger partial charge in [0.2, 0.25) is 0 Å². The molecule has 0 radical (unpaired) electrons. The zero-order valence-corrected chi connectivity index (χ0v) is 10.6. The maximum absolute atomic E-state index is 12.4. The Hall–Kier alpha value is -1.82. The Morgan fingerprint density at radius 3 is 2.26 bits per heavy atom. The SMILES string of the molecule is Cc1cc(-c2ccc(C(F)(F)F)cc2)c(C(=O)O)s1. The van der Waals surface area contributed by atoms with E-state index in [1.807, 2.05) is 0 Å². The molecule has 0 aliphatic carbocycles. The highest BCUT2D eigenvalue weighted by Crippen LogP contribution is 2.34. The predicted molar refractivity (Wildman–Crippen MR) is 66.5 cm³/mol. The van der Waals surface area contributed by atoms with E-state index in [1.165, 1.54) is 12.1 Å². The zero-order chi connectivity index (χ0) is 14.2. The predicted octanol–water partition coefficient (Wildman–Crippen LogP) is 4.44. The van der Waals surface area contributed by atoms with Crippen LogP contribution in [-0.2, 0) is 6.18 Å². The van der Waals surface area contributed by atoms with E-state index < -0.39 is 17.7 Å². The van der Waals surface area contributed by atoms with Crippen molar-refractivity contribution in [2.75, 3.05) is 0 Å². The van der Waals surface area contributed by atoms with E-state index in [0.717, 1.165) is 28.3 Å². The van der Waals surface area contributed by atoms with E-state index in [9.17, 15) is 18.0 Å². The van der Waals surface area contributed by atoms with Crippen molar-refractivity contribution in [3.63, 3.8) is 0 Å². The Bertz CT molecular complexity index is 612. The first kappa shape index (κ1) is 13.6. The van der Waals surface area contributed by atoms with E-state index in [-0.39, 0.29) is 4.88 Å². The van der Waals surface area contributed by atoms with E-state index in [2.05, 4.69) is 0 Å². The van der Waals surface area contributed by atoms with Gasteiger partial charge in [-0.05, 0) is 30.7 Å². The molecule has 2 rings (SSSR count). The van der Waals surface area contributed by atoms with Crippen molar-refractivity contribution in [1.29, 1.82) is 0 Å². The number of aromatic carboxylic acids is 1. The molecular formula is C13H9F3O2S. The van der Waals surface area contributed by atoms with E-state index in [4.69, 9.17) is 5.11 Å². The van der Waals surface area contributed by atoms with Gasteiger partial charge in [0.15, 0.2) is 0 Å². The standard InChI is InChI=1S/C13H9F3O2S/c1-7-6-10(11(19-7)12(17)18)8-2-4-9(5-3-8)13(14,15)16/h2-6H,1H3,(H,17,18). The lowest BCUT2D eigenvalue weighted by Gasteiger charge is -2.07. The van der Waals surface area contributed by atoms with E-state index in [0.29, 0.717) is 11.1 Å². The van der Waals surface area contributed by atoms with Gasteiger partial charge in [-0.2, -0.15) is 13.2 Å². The number of aryl methyl sites for hydroxylation is 1. The molecule has 1 N–H and O–H groups in total. The second kappa shape index (κ2) is 4.70. The van der Waals surface area contributed by atoms with Gasteiger partial charge in [0.1, 0.15) is 4.88 Å². The number of carboxylic acids is 1. The first-order valence-electron chi connectivity index (χ1n) is 5.30. The molecule has 6 heteroatoms. The van der Waals surface area contributed by atoms with Crippen LogP contribution in [0.2, 0.25) is 0 Å². The van der Waals surface area contributed by atoms with Crippen molar-refractivity contribution in [2.45, 2.75) is 13.1 Å². The van der Waals surface area contributed by atoms with Crippen LogP contribution in [0, 0.1) is 6.92 Å². The minimum Gasteiger partial charge on any atom is -0.477 e. The fourth-order valence-corrected chi connectivity index (χ4v) is 2.60. The summed E-state index contributed by atoms with van der Waals surface area (Å²) >= 11 is 1.11. The summed E-state index contributed by atoms with van der Waals surface area (Å²) in [6, 6.07) is 6.14. The van der Waals surface area contributed by atoms with Crippen molar-refractivity contribution in [3.8, 4) is 11.1 Å². The summed E-state index contributed by atoms with van der Waals surface area (Å²) in [5, 5.41) is 9.05. The molecule has 0 unspecified atom stereocenters. The van der Waals surface area contributed by atoms with Crippen LogP contribution in [-0.4, -0.2) is 11.1 Å². The van der Waals surface area contributed by atoms with Gasteiger partial charge in [-0.15, -0.1) is 11.3 Å². The van der Waals surface area contributed by atoms with E-state index in [1.54, 1.807) is 13.0 Å².